The second-order valence-corrected chi connectivity index (χ2v) is 6.02. The first kappa shape index (κ1) is 14.0. The van der Waals surface area contributed by atoms with Crippen LogP contribution in [0.4, 0.5) is 0 Å². The van der Waals surface area contributed by atoms with Crippen LogP contribution in [0.3, 0.4) is 0 Å². The van der Waals surface area contributed by atoms with Crippen LogP contribution >= 0.6 is 11.3 Å². The summed E-state index contributed by atoms with van der Waals surface area (Å²) in [7, 11) is 0. The minimum Gasteiger partial charge on any atom is -0.304 e. The molecule has 2 heterocycles. The second kappa shape index (κ2) is 6.66. The van der Waals surface area contributed by atoms with Crippen molar-refractivity contribution in [2.24, 2.45) is 0 Å². The number of pyridine rings is 1. The molecule has 1 atom stereocenters. The number of aromatic nitrogens is 1. The average molecular weight is 294 g/mol. The Bertz CT molecular complexity index is 677. The van der Waals surface area contributed by atoms with Crippen LogP contribution in [-0.2, 0) is 6.54 Å². The summed E-state index contributed by atoms with van der Waals surface area (Å²) in [6.45, 7) is 3.02. The van der Waals surface area contributed by atoms with Gasteiger partial charge in [0, 0.05) is 23.7 Å². The lowest BCUT2D eigenvalue weighted by atomic mass is 10.1. The van der Waals surface area contributed by atoms with E-state index in [1.165, 1.54) is 16.0 Å². The summed E-state index contributed by atoms with van der Waals surface area (Å²) in [4.78, 5) is 5.73. The SMILES string of the molecule is CC(NCc1cc(-c2ccccc2)cs1)c1ccccn1. The fourth-order valence-corrected chi connectivity index (χ4v) is 3.09. The highest BCUT2D eigenvalue weighted by Gasteiger charge is 2.07. The van der Waals surface area contributed by atoms with Crippen LogP contribution in [0.25, 0.3) is 11.1 Å². The largest absolute Gasteiger partial charge is 0.304 e. The van der Waals surface area contributed by atoms with Gasteiger partial charge < -0.3 is 5.32 Å². The van der Waals surface area contributed by atoms with Crippen LogP contribution in [-0.4, -0.2) is 4.98 Å². The maximum Gasteiger partial charge on any atom is 0.0570 e. The second-order valence-electron chi connectivity index (χ2n) is 5.02. The molecule has 0 aliphatic carbocycles. The van der Waals surface area contributed by atoms with Crippen molar-refractivity contribution in [3.8, 4) is 11.1 Å². The summed E-state index contributed by atoms with van der Waals surface area (Å²) in [6, 6.07) is 19.1. The predicted octanol–water partition coefficient (Wildman–Crippen LogP) is 4.66. The number of benzene rings is 1. The molecule has 1 N–H and O–H groups in total. The highest BCUT2D eigenvalue weighted by molar-refractivity contribution is 7.10. The molecule has 21 heavy (non-hydrogen) atoms. The van der Waals surface area contributed by atoms with E-state index in [-0.39, 0.29) is 6.04 Å². The smallest absolute Gasteiger partial charge is 0.0570 e. The normalized spacial score (nSPS) is 12.2. The quantitative estimate of drug-likeness (QED) is 0.740. The zero-order valence-electron chi connectivity index (χ0n) is 12.0. The van der Waals surface area contributed by atoms with Gasteiger partial charge in [-0.1, -0.05) is 36.4 Å². The fourth-order valence-electron chi connectivity index (χ4n) is 2.25. The monoisotopic (exact) mass is 294 g/mol. The molecule has 0 amide bonds. The summed E-state index contributed by atoms with van der Waals surface area (Å²) < 4.78 is 0. The highest BCUT2D eigenvalue weighted by atomic mass is 32.1. The van der Waals surface area contributed by atoms with E-state index in [0.717, 1.165) is 12.2 Å². The minimum atomic E-state index is 0.258. The molecule has 3 aromatic rings. The van der Waals surface area contributed by atoms with Gasteiger partial charge in [-0.2, -0.15) is 0 Å². The van der Waals surface area contributed by atoms with Crippen molar-refractivity contribution in [2.45, 2.75) is 19.5 Å². The number of thiophene rings is 1. The van der Waals surface area contributed by atoms with Crippen LogP contribution < -0.4 is 5.32 Å². The van der Waals surface area contributed by atoms with Gasteiger partial charge in [0.15, 0.2) is 0 Å². The average Bonchev–Trinajstić information content (AvgIpc) is 3.03. The number of hydrogen-bond acceptors (Lipinski definition) is 3. The molecule has 0 saturated carbocycles. The van der Waals surface area contributed by atoms with Crippen molar-refractivity contribution in [3.63, 3.8) is 0 Å². The minimum absolute atomic E-state index is 0.258. The highest BCUT2D eigenvalue weighted by Crippen LogP contribution is 2.25. The standard InChI is InChI=1S/C18H18N2S/c1-14(18-9-5-6-10-19-18)20-12-17-11-16(13-21-17)15-7-3-2-4-8-15/h2-11,13-14,20H,12H2,1H3. The van der Waals surface area contributed by atoms with Gasteiger partial charge in [0.05, 0.1) is 5.69 Å². The van der Waals surface area contributed by atoms with Gasteiger partial charge in [0.25, 0.3) is 0 Å². The van der Waals surface area contributed by atoms with Crippen LogP contribution in [0.1, 0.15) is 23.5 Å². The number of hydrogen-bond donors (Lipinski definition) is 1. The lowest BCUT2D eigenvalue weighted by molar-refractivity contribution is 0.565. The first-order valence-corrected chi connectivity index (χ1v) is 7.98. The molecule has 0 aliphatic heterocycles. The van der Waals surface area contributed by atoms with Crippen LogP contribution in [0.2, 0.25) is 0 Å². The Hall–Kier alpha value is -1.97. The van der Waals surface area contributed by atoms with Crippen molar-refractivity contribution >= 4 is 11.3 Å². The first-order valence-electron chi connectivity index (χ1n) is 7.10. The molecule has 0 bridgehead atoms. The molecule has 2 aromatic heterocycles. The van der Waals surface area contributed by atoms with Gasteiger partial charge in [-0.25, -0.2) is 0 Å². The maximum absolute atomic E-state index is 4.38. The zero-order valence-corrected chi connectivity index (χ0v) is 12.8. The van der Waals surface area contributed by atoms with Gasteiger partial charge in [-0.05, 0) is 41.6 Å². The Labute approximate surface area is 129 Å². The Morgan fingerprint density at radius 2 is 1.86 bits per heavy atom. The predicted molar refractivity (Wildman–Crippen MR) is 89.2 cm³/mol. The van der Waals surface area contributed by atoms with E-state index in [1.807, 2.05) is 24.4 Å². The van der Waals surface area contributed by atoms with Gasteiger partial charge >= 0.3 is 0 Å². The van der Waals surface area contributed by atoms with E-state index in [2.05, 4.69) is 59.0 Å². The first-order chi connectivity index (χ1) is 10.3. The van der Waals surface area contributed by atoms with Gasteiger partial charge in [-0.3, -0.25) is 4.98 Å². The van der Waals surface area contributed by atoms with Crippen molar-refractivity contribution in [3.05, 3.63) is 76.7 Å². The van der Waals surface area contributed by atoms with Crippen molar-refractivity contribution in [1.29, 1.82) is 0 Å². The van der Waals surface area contributed by atoms with E-state index < -0.39 is 0 Å². The molecule has 1 aromatic carbocycles. The Balaban J connectivity index is 1.63. The third-order valence-electron chi connectivity index (χ3n) is 3.47. The molecule has 0 spiro atoms. The third kappa shape index (κ3) is 3.57. The molecule has 3 rings (SSSR count). The van der Waals surface area contributed by atoms with Crippen molar-refractivity contribution in [1.82, 2.24) is 10.3 Å². The van der Waals surface area contributed by atoms with E-state index in [1.54, 1.807) is 11.3 Å². The molecule has 106 valence electrons. The van der Waals surface area contributed by atoms with Gasteiger partial charge in [0.2, 0.25) is 0 Å². The Morgan fingerprint density at radius 1 is 1.05 bits per heavy atom. The van der Waals surface area contributed by atoms with Gasteiger partial charge in [-0.15, -0.1) is 11.3 Å². The lowest BCUT2D eigenvalue weighted by Crippen LogP contribution is -2.18. The van der Waals surface area contributed by atoms with E-state index in [9.17, 15) is 0 Å². The van der Waals surface area contributed by atoms with Crippen LogP contribution in [0.5, 0.6) is 0 Å². The summed E-state index contributed by atoms with van der Waals surface area (Å²) in [5.41, 5.74) is 3.65. The fraction of sp³-hybridized carbons (Fsp3) is 0.167. The van der Waals surface area contributed by atoms with Crippen molar-refractivity contribution in [2.75, 3.05) is 0 Å². The number of nitrogens with one attached hydrogen (secondary N) is 1. The third-order valence-corrected chi connectivity index (χ3v) is 4.41. The van der Waals surface area contributed by atoms with Crippen LogP contribution in [0, 0.1) is 0 Å². The van der Waals surface area contributed by atoms with E-state index in [4.69, 9.17) is 0 Å². The van der Waals surface area contributed by atoms with Gasteiger partial charge in [0.1, 0.15) is 0 Å². The van der Waals surface area contributed by atoms with Crippen LogP contribution in [0.15, 0.2) is 66.2 Å². The summed E-state index contributed by atoms with van der Waals surface area (Å²) in [6.07, 6.45) is 1.84. The summed E-state index contributed by atoms with van der Waals surface area (Å²) in [5, 5.41) is 5.75. The Morgan fingerprint density at radius 3 is 2.62 bits per heavy atom. The molecular formula is C18H18N2S. The topological polar surface area (TPSA) is 24.9 Å². The molecule has 0 radical (unpaired) electrons. The number of nitrogens with zero attached hydrogens (tertiary/aromatic N) is 1. The van der Waals surface area contributed by atoms with E-state index in [0.29, 0.717) is 0 Å². The molecule has 3 heteroatoms. The number of rotatable bonds is 5. The summed E-state index contributed by atoms with van der Waals surface area (Å²) in [5.74, 6) is 0. The molecular weight excluding hydrogens is 276 g/mol. The molecule has 0 fully saturated rings. The maximum atomic E-state index is 4.38. The molecule has 2 nitrogen and oxygen atoms in total. The summed E-state index contributed by atoms with van der Waals surface area (Å²) >= 11 is 1.80. The molecule has 1 unspecified atom stereocenters. The zero-order chi connectivity index (χ0) is 14.5. The lowest BCUT2D eigenvalue weighted by Gasteiger charge is -2.12. The van der Waals surface area contributed by atoms with Crippen molar-refractivity contribution < 1.29 is 0 Å². The molecule has 0 saturated heterocycles. The molecule has 0 aliphatic rings. The Kier molecular flexibility index (Phi) is 4.43. The van der Waals surface area contributed by atoms with E-state index >= 15 is 0 Å².